The molecular formula is C10H15N5S2. The highest BCUT2D eigenvalue weighted by Gasteiger charge is 2.00. The first-order valence-corrected chi connectivity index (χ1v) is 7.34. The lowest BCUT2D eigenvalue weighted by molar-refractivity contribution is 0.554. The van der Waals surface area contributed by atoms with Gasteiger partial charge in [-0.3, -0.25) is 4.68 Å². The summed E-state index contributed by atoms with van der Waals surface area (Å²) in [6, 6.07) is 1.95. The zero-order chi connectivity index (χ0) is 11.9. The predicted octanol–water partition coefficient (Wildman–Crippen LogP) is 2.28. The van der Waals surface area contributed by atoms with Crippen LogP contribution in [0.15, 0.2) is 22.8 Å². The molecule has 0 saturated heterocycles. The number of aromatic nitrogens is 4. The average molecular weight is 269 g/mol. The third-order valence-corrected chi connectivity index (χ3v) is 4.21. The highest BCUT2D eigenvalue weighted by molar-refractivity contribution is 8.01. The molecule has 0 spiro atoms. The SMILES string of the molecule is Nc1nnc(SCCCCCn2cccn2)s1. The van der Waals surface area contributed by atoms with Crippen molar-refractivity contribution < 1.29 is 0 Å². The molecule has 0 aromatic carbocycles. The van der Waals surface area contributed by atoms with E-state index in [2.05, 4.69) is 15.3 Å². The molecule has 2 rings (SSSR count). The van der Waals surface area contributed by atoms with Gasteiger partial charge in [-0.25, -0.2) is 0 Å². The van der Waals surface area contributed by atoms with Crippen molar-refractivity contribution in [1.82, 2.24) is 20.0 Å². The second-order valence-corrected chi connectivity index (χ2v) is 5.94. The Labute approximate surface area is 108 Å². The number of rotatable bonds is 7. The van der Waals surface area contributed by atoms with Crippen molar-refractivity contribution in [2.24, 2.45) is 0 Å². The van der Waals surface area contributed by atoms with Crippen LogP contribution in [-0.4, -0.2) is 25.7 Å². The molecule has 2 heterocycles. The van der Waals surface area contributed by atoms with Gasteiger partial charge in [-0.1, -0.05) is 29.5 Å². The van der Waals surface area contributed by atoms with Crippen molar-refractivity contribution in [3.63, 3.8) is 0 Å². The molecule has 0 aliphatic carbocycles. The summed E-state index contributed by atoms with van der Waals surface area (Å²) in [5.41, 5.74) is 5.51. The van der Waals surface area contributed by atoms with Crippen molar-refractivity contribution in [2.75, 3.05) is 11.5 Å². The van der Waals surface area contributed by atoms with Crippen molar-refractivity contribution in [1.29, 1.82) is 0 Å². The topological polar surface area (TPSA) is 69.6 Å². The third kappa shape index (κ3) is 4.35. The van der Waals surface area contributed by atoms with E-state index >= 15 is 0 Å². The lowest BCUT2D eigenvalue weighted by Gasteiger charge is -2.00. The van der Waals surface area contributed by atoms with E-state index in [0.29, 0.717) is 5.13 Å². The van der Waals surface area contributed by atoms with Crippen LogP contribution >= 0.6 is 23.1 Å². The van der Waals surface area contributed by atoms with E-state index in [4.69, 9.17) is 5.73 Å². The van der Waals surface area contributed by atoms with Crippen LogP contribution in [-0.2, 0) is 6.54 Å². The number of unbranched alkanes of at least 4 members (excludes halogenated alkanes) is 2. The molecule has 0 radical (unpaired) electrons. The van der Waals surface area contributed by atoms with Crippen molar-refractivity contribution in [3.05, 3.63) is 18.5 Å². The number of aryl methyl sites for hydroxylation is 1. The lowest BCUT2D eigenvalue weighted by atomic mass is 10.2. The smallest absolute Gasteiger partial charge is 0.203 e. The minimum Gasteiger partial charge on any atom is -0.374 e. The van der Waals surface area contributed by atoms with E-state index < -0.39 is 0 Å². The summed E-state index contributed by atoms with van der Waals surface area (Å²) in [4.78, 5) is 0. The van der Waals surface area contributed by atoms with Gasteiger partial charge >= 0.3 is 0 Å². The molecule has 0 bridgehead atoms. The zero-order valence-corrected chi connectivity index (χ0v) is 11.1. The molecule has 0 fully saturated rings. The van der Waals surface area contributed by atoms with Gasteiger partial charge in [0.25, 0.3) is 0 Å². The van der Waals surface area contributed by atoms with Gasteiger partial charge in [-0.05, 0) is 18.9 Å². The summed E-state index contributed by atoms with van der Waals surface area (Å²) in [6.07, 6.45) is 7.38. The Morgan fingerprint density at radius 1 is 1.29 bits per heavy atom. The first kappa shape index (κ1) is 12.4. The summed E-state index contributed by atoms with van der Waals surface area (Å²) < 4.78 is 2.94. The molecule has 0 unspecified atom stereocenters. The Morgan fingerprint density at radius 2 is 2.24 bits per heavy atom. The van der Waals surface area contributed by atoms with Crippen LogP contribution in [0.25, 0.3) is 0 Å². The molecule has 0 atom stereocenters. The maximum atomic E-state index is 5.51. The molecule has 2 aromatic heterocycles. The average Bonchev–Trinajstić information content (AvgIpc) is 2.95. The van der Waals surface area contributed by atoms with Gasteiger partial charge in [0.15, 0.2) is 4.34 Å². The lowest BCUT2D eigenvalue weighted by Crippen LogP contribution is -1.97. The highest BCUT2D eigenvalue weighted by Crippen LogP contribution is 2.24. The number of hydrogen-bond acceptors (Lipinski definition) is 6. The quantitative estimate of drug-likeness (QED) is 0.617. The fourth-order valence-corrected chi connectivity index (χ4v) is 3.13. The van der Waals surface area contributed by atoms with Crippen LogP contribution in [0.3, 0.4) is 0 Å². The summed E-state index contributed by atoms with van der Waals surface area (Å²) in [5, 5.41) is 12.5. The van der Waals surface area contributed by atoms with Gasteiger partial charge in [0, 0.05) is 24.7 Å². The van der Waals surface area contributed by atoms with E-state index in [1.54, 1.807) is 11.8 Å². The Kier molecular flexibility index (Phi) is 4.81. The zero-order valence-electron chi connectivity index (χ0n) is 9.45. The summed E-state index contributed by atoms with van der Waals surface area (Å²) in [5.74, 6) is 1.08. The van der Waals surface area contributed by atoms with E-state index in [-0.39, 0.29) is 0 Å². The predicted molar refractivity (Wildman–Crippen MR) is 71.1 cm³/mol. The number of nitrogen functional groups attached to an aromatic ring is 1. The maximum Gasteiger partial charge on any atom is 0.203 e. The molecule has 17 heavy (non-hydrogen) atoms. The number of anilines is 1. The van der Waals surface area contributed by atoms with Gasteiger partial charge < -0.3 is 5.73 Å². The third-order valence-electron chi connectivity index (χ3n) is 2.24. The van der Waals surface area contributed by atoms with Gasteiger partial charge in [0.1, 0.15) is 0 Å². The van der Waals surface area contributed by atoms with E-state index in [9.17, 15) is 0 Å². The van der Waals surface area contributed by atoms with Gasteiger partial charge in [0.05, 0.1) is 0 Å². The van der Waals surface area contributed by atoms with Crippen LogP contribution in [0.4, 0.5) is 5.13 Å². The fraction of sp³-hybridized carbons (Fsp3) is 0.500. The Morgan fingerprint density at radius 3 is 2.94 bits per heavy atom. The van der Waals surface area contributed by atoms with Gasteiger partial charge in [0.2, 0.25) is 5.13 Å². The van der Waals surface area contributed by atoms with E-state index in [1.165, 1.54) is 30.6 Å². The summed E-state index contributed by atoms with van der Waals surface area (Å²) in [7, 11) is 0. The van der Waals surface area contributed by atoms with Crippen LogP contribution < -0.4 is 5.73 Å². The van der Waals surface area contributed by atoms with Crippen LogP contribution in [0, 0.1) is 0 Å². The van der Waals surface area contributed by atoms with E-state index in [1.807, 2.05) is 23.1 Å². The summed E-state index contributed by atoms with van der Waals surface area (Å²) >= 11 is 3.19. The molecule has 0 aliphatic heterocycles. The molecule has 92 valence electrons. The second-order valence-electron chi connectivity index (χ2n) is 3.58. The molecule has 0 amide bonds. The molecule has 0 aliphatic rings. The highest BCUT2D eigenvalue weighted by atomic mass is 32.2. The van der Waals surface area contributed by atoms with Gasteiger partial charge in [-0.15, -0.1) is 10.2 Å². The number of hydrogen-bond donors (Lipinski definition) is 1. The van der Waals surface area contributed by atoms with Crippen molar-refractivity contribution in [2.45, 2.75) is 30.1 Å². The monoisotopic (exact) mass is 269 g/mol. The Hall–Kier alpha value is -1.08. The minimum atomic E-state index is 0.547. The Balaban J connectivity index is 1.52. The van der Waals surface area contributed by atoms with Crippen LogP contribution in [0.1, 0.15) is 19.3 Å². The maximum absolute atomic E-state index is 5.51. The minimum absolute atomic E-state index is 0.547. The molecule has 2 aromatic rings. The van der Waals surface area contributed by atoms with Gasteiger partial charge in [-0.2, -0.15) is 5.10 Å². The molecular weight excluding hydrogens is 254 g/mol. The van der Waals surface area contributed by atoms with Crippen LogP contribution in [0.5, 0.6) is 0 Å². The van der Waals surface area contributed by atoms with Crippen molar-refractivity contribution in [3.8, 4) is 0 Å². The van der Waals surface area contributed by atoms with Crippen LogP contribution in [0.2, 0.25) is 0 Å². The Bertz CT molecular complexity index is 426. The number of thioether (sulfide) groups is 1. The molecule has 0 saturated carbocycles. The fourth-order valence-electron chi connectivity index (χ4n) is 1.42. The first-order chi connectivity index (χ1) is 8.34. The number of nitrogens with two attached hydrogens (primary N) is 1. The standard InChI is InChI=1S/C10H15N5S2/c11-9-13-14-10(17-9)16-8-3-1-2-6-15-7-4-5-12-15/h4-5,7H,1-3,6,8H2,(H2,11,13). The second kappa shape index (κ2) is 6.61. The first-order valence-electron chi connectivity index (χ1n) is 5.54. The van der Waals surface area contributed by atoms with E-state index in [0.717, 1.165) is 16.6 Å². The molecule has 2 N–H and O–H groups in total. The largest absolute Gasteiger partial charge is 0.374 e. The normalized spacial score (nSPS) is 10.8. The summed E-state index contributed by atoms with van der Waals surface area (Å²) in [6.45, 7) is 1.00. The molecule has 5 nitrogen and oxygen atoms in total. The molecule has 7 heteroatoms. The van der Waals surface area contributed by atoms with Crippen molar-refractivity contribution >= 4 is 28.2 Å². The number of nitrogens with zero attached hydrogens (tertiary/aromatic N) is 4.